The van der Waals surface area contributed by atoms with Crippen molar-refractivity contribution in [3.63, 3.8) is 0 Å². The molecule has 2 aromatic heterocycles. The van der Waals surface area contributed by atoms with Crippen LogP contribution < -0.4 is 22.5 Å². The van der Waals surface area contributed by atoms with Crippen LogP contribution in [-0.2, 0) is 54.4 Å². The average molecular weight is 902 g/mol. The summed E-state index contributed by atoms with van der Waals surface area (Å²) in [4.78, 5) is 69.3. The third-order valence-electron chi connectivity index (χ3n) is 5.56. The molecule has 0 saturated heterocycles. The van der Waals surface area contributed by atoms with E-state index in [-0.39, 0.29) is 41.6 Å². The Morgan fingerprint density at radius 3 is 2.02 bits per heavy atom. The number of carbonyl (C=O) groups excluding carboxylic acids is 1. The normalized spacial score (nSPS) is 13.5. The number of H-pyrrole nitrogens is 2. The Balaban J connectivity index is 0. The lowest BCUT2D eigenvalue weighted by Gasteiger charge is -2.17. The standard InChI is InChI=1S/C18H28ClN2O9P.C8H9ClN2O2.C4H8O4P2.H3P/c1-4-26-9-7-10-28-31(25,29-13-27-18(24)30-14(2)3)11-6-5-8-21-12-15(19)16(22)20-17(21)23;1-2-3-4-11-5-6(9)7(12)10-8(11)13;1-3-4-10(6,7)8-9(2)5;/h5-6,12,14H,4,7-11,13H2,1-3H3,(H,20,22,23);2-3,5H,4H2,1H3,(H,10,12,13);3H,1,4H2,2H3;1H3/p+1/b6-5+;;;/i;;;1D. The van der Waals surface area contributed by atoms with E-state index in [1.165, 1.54) is 46.4 Å². The molecular weight excluding hydrogens is 851 g/mol. The van der Waals surface area contributed by atoms with Crippen LogP contribution in [0, 0.1) is 0 Å². The predicted octanol–water partition coefficient (Wildman–Crippen LogP) is 5.49. The average Bonchev–Trinajstić information content (AvgIpc) is 3.10. The summed E-state index contributed by atoms with van der Waals surface area (Å²) in [6.45, 7) is 12.4. The largest absolute Gasteiger partial charge is 0.513 e. The molecule has 0 aliphatic heterocycles. The van der Waals surface area contributed by atoms with Gasteiger partial charge in [0.15, 0.2) is 6.66 Å². The Kier molecular flexibility index (Phi) is 28.0. The van der Waals surface area contributed by atoms with Crippen LogP contribution in [0.3, 0.4) is 0 Å². The lowest BCUT2D eigenvalue weighted by atomic mass is 10.5. The Bertz CT molecular complexity index is 1900. The molecule has 312 valence electrons. The number of halogens is 2. The van der Waals surface area contributed by atoms with E-state index in [9.17, 15) is 37.7 Å². The van der Waals surface area contributed by atoms with Crippen LogP contribution in [0.15, 0.2) is 68.5 Å². The number of nitrogens with one attached hydrogen (secondary N) is 2. The molecule has 0 aliphatic rings. The number of hydrogen-bond donors (Lipinski definition) is 3. The highest BCUT2D eigenvalue weighted by molar-refractivity contribution is 7.61. The van der Waals surface area contributed by atoms with E-state index in [1.807, 2.05) is 19.9 Å². The molecule has 0 bridgehead atoms. The lowest BCUT2D eigenvalue weighted by molar-refractivity contribution is -0.0130. The highest BCUT2D eigenvalue weighted by atomic mass is 35.5. The van der Waals surface area contributed by atoms with Gasteiger partial charge in [0.1, 0.15) is 10.0 Å². The monoisotopic (exact) mass is 900 g/mol. The lowest BCUT2D eigenvalue weighted by Crippen LogP contribution is -2.29. The molecule has 0 fully saturated rings. The number of allylic oxidation sites excluding steroid dienone is 5. The number of nitrogens with zero attached hydrogens (tertiary/aromatic N) is 2. The van der Waals surface area contributed by atoms with Gasteiger partial charge in [-0.3, -0.25) is 42.3 Å². The number of carbonyl (C=O) groups is 1. The van der Waals surface area contributed by atoms with Crippen molar-refractivity contribution in [1.29, 1.82) is 1.28 Å². The maximum Gasteiger partial charge on any atom is 0.513 e. The van der Waals surface area contributed by atoms with Crippen molar-refractivity contribution in [3.05, 3.63) is 101 Å². The number of hydrogen-bond acceptors (Lipinski definition) is 14. The molecular formula is C30H49Cl2N4O15P4+. The molecule has 0 radical (unpaired) electrons. The van der Waals surface area contributed by atoms with Gasteiger partial charge in [0.2, 0.25) is 6.79 Å². The molecule has 0 saturated carbocycles. The van der Waals surface area contributed by atoms with Crippen molar-refractivity contribution in [1.82, 2.24) is 19.1 Å². The number of rotatable bonds is 20. The van der Waals surface area contributed by atoms with Crippen LogP contribution >= 0.6 is 56.3 Å². The Hall–Kier alpha value is -2.78. The molecule has 0 amide bonds. The number of aromatic nitrogens is 4. The maximum atomic E-state index is 12.9. The summed E-state index contributed by atoms with van der Waals surface area (Å²) in [6, 6.07) is 0. The summed E-state index contributed by atoms with van der Waals surface area (Å²) < 4.78 is 71.6. The highest BCUT2D eigenvalue weighted by Crippen LogP contribution is 2.49. The Morgan fingerprint density at radius 1 is 1.00 bits per heavy atom. The van der Waals surface area contributed by atoms with E-state index in [0.29, 0.717) is 26.2 Å². The molecule has 19 nitrogen and oxygen atoms in total. The quantitative estimate of drug-likeness (QED) is 0.0488. The van der Waals surface area contributed by atoms with E-state index in [2.05, 4.69) is 20.9 Å². The van der Waals surface area contributed by atoms with Crippen LogP contribution in [0.4, 0.5) is 4.79 Å². The van der Waals surface area contributed by atoms with E-state index in [0.717, 1.165) is 0 Å². The molecule has 0 aliphatic carbocycles. The molecule has 3 N–H and O–H groups in total. The molecule has 25 heteroatoms. The van der Waals surface area contributed by atoms with Gasteiger partial charge in [-0.05, 0) is 38.7 Å². The van der Waals surface area contributed by atoms with Gasteiger partial charge in [0.25, 0.3) is 11.1 Å². The van der Waals surface area contributed by atoms with Crippen LogP contribution in [0.25, 0.3) is 0 Å². The summed E-state index contributed by atoms with van der Waals surface area (Å²) in [5, 5.41) is -0.117. The van der Waals surface area contributed by atoms with Gasteiger partial charge in [-0.15, -0.1) is 6.58 Å². The van der Waals surface area contributed by atoms with Crippen molar-refractivity contribution in [2.24, 2.45) is 0 Å². The second-order valence-corrected chi connectivity index (χ2v) is 16.5. The summed E-state index contributed by atoms with van der Waals surface area (Å²) in [5.74, 6) is 0. The molecule has 2 heterocycles. The van der Waals surface area contributed by atoms with Crippen molar-refractivity contribution in [3.8, 4) is 0 Å². The van der Waals surface area contributed by atoms with Gasteiger partial charge in [-0.2, -0.15) is 9.84 Å². The first kappa shape index (κ1) is 52.2. The van der Waals surface area contributed by atoms with Crippen molar-refractivity contribution >= 4 is 62.4 Å². The molecule has 55 heavy (non-hydrogen) atoms. The second-order valence-electron chi connectivity index (χ2n) is 10.4. The van der Waals surface area contributed by atoms with Crippen LogP contribution in [0.2, 0.25) is 10.0 Å². The minimum atomic E-state index is -3.66. The first-order chi connectivity index (χ1) is 26.3. The maximum absolute atomic E-state index is 12.9. The van der Waals surface area contributed by atoms with Gasteiger partial charge in [-0.1, -0.05) is 57.9 Å². The summed E-state index contributed by atoms with van der Waals surface area (Å²) in [7, 11) is -7.65. The third-order valence-corrected chi connectivity index (χ3v) is 10.5. The zero-order valence-corrected chi connectivity index (χ0v) is 36.3. The molecule has 4 atom stereocenters. The van der Waals surface area contributed by atoms with E-state index in [4.69, 9.17) is 52.6 Å². The predicted molar refractivity (Wildman–Crippen MR) is 215 cm³/mol. The number of ether oxygens (including phenoxy) is 3. The first-order valence-corrected chi connectivity index (χ1v) is 21.7. The van der Waals surface area contributed by atoms with E-state index >= 15 is 0 Å². The second kappa shape index (κ2) is 29.5. The van der Waals surface area contributed by atoms with Crippen LogP contribution in [-0.4, -0.2) is 83.1 Å². The molecule has 0 spiro atoms. The minimum absolute atomic E-state index is 0.0177. The molecule has 0 aromatic carbocycles. The van der Waals surface area contributed by atoms with E-state index in [1.54, 1.807) is 29.8 Å². The van der Waals surface area contributed by atoms with Crippen LogP contribution in [0.1, 0.15) is 34.1 Å². The van der Waals surface area contributed by atoms with Crippen molar-refractivity contribution in [2.75, 3.05) is 45.6 Å². The topological polar surface area (TPSA) is 254 Å². The zero-order valence-electron chi connectivity index (χ0n) is 31.9. The summed E-state index contributed by atoms with van der Waals surface area (Å²) >= 11 is 11.2. The SMILES string of the molecule is C=CCP(=O)(O)O[P+](C)=O.CC=CCn1cc(Cl)c(=O)[nH]c1=O.CCOCCCOP(=O)(C/C=C/Cn1cc(Cl)c(=O)[nH]c1=O)OCOC(=O)OC(C)C.[2H]P. The minimum Gasteiger partial charge on any atom is -0.432 e. The fourth-order valence-corrected chi connectivity index (χ4v) is 6.93. The van der Waals surface area contributed by atoms with Gasteiger partial charge in [0.05, 0.1) is 26.3 Å². The third kappa shape index (κ3) is 25.9. The summed E-state index contributed by atoms with van der Waals surface area (Å²) in [6.07, 6.45) is 9.24. The van der Waals surface area contributed by atoms with Crippen molar-refractivity contribution < 1.29 is 51.0 Å². The molecule has 4 unspecified atom stereocenters. The molecule has 2 rings (SSSR count). The van der Waals surface area contributed by atoms with Gasteiger partial charge < -0.3 is 23.6 Å². The fraction of sp³-hybridized carbons (Fsp3) is 0.500. The fourth-order valence-electron chi connectivity index (χ4n) is 3.26. The highest BCUT2D eigenvalue weighted by Gasteiger charge is 2.27. The smallest absolute Gasteiger partial charge is 0.432 e. The Morgan fingerprint density at radius 2 is 1.55 bits per heavy atom. The first-order valence-electron chi connectivity index (χ1n) is 16.4. The van der Waals surface area contributed by atoms with Gasteiger partial charge in [0, 0.05) is 38.7 Å². The molecule has 2 aromatic rings. The van der Waals surface area contributed by atoms with E-state index < -0.39 is 58.7 Å². The zero-order chi connectivity index (χ0) is 43.3. The number of aromatic amines is 2. The Labute approximate surface area is 332 Å². The van der Waals surface area contributed by atoms with Gasteiger partial charge in [-0.25, -0.2) is 14.4 Å². The summed E-state index contributed by atoms with van der Waals surface area (Å²) in [5.41, 5.74) is -2.32. The van der Waals surface area contributed by atoms with Crippen molar-refractivity contribution in [2.45, 2.75) is 53.3 Å². The van der Waals surface area contributed by atoms with Gasteiger partial charge >= 0.3 is 40.8 Å². The van der Waals surface area contributed by atoms with Crippen LogP contribution in [0.5, 0.6) is 0 Å².